The van der Waals surface area contributed by atoms with Crippen molar-refractivity contribution in [1.82, 2.24) is 20.2 Å². The summed E-state index contributed by atoms with van der Waals surface area (Å²) in [5.41, 5.74) is 0.547. The minimum absolute atomic E-state index is 0. The molecule has 1 aromatic rings. The van der Waals surface area contributed by atoms with E-state index in [1.54, 1.807) is 11.8 Å². The third kappa shape index (κ3) is 5.09. The summed E-state index contributed by atoms with van der Waals surface area (Å²) in [5.74, 6) is 0. The number of piperidine rings is 1. The third-order valence-corrected chi connectivity index (χ3v) is 4.18. The van der Waals surface area contributed by atoms with E-state index in [1.807, 2.05) is 19.5 Å². The number of aromatic nitrogens is 2. The molecule has 0 amide bonds. The summed E-state index contributed by atoms with van der Waals surface area (Å²) in [5, 5.41) is 17.9. The summed E-state index contributed by atoms with van der Waals surface area (Å²) in [4.78, 5) is 4.33. The van der Waals surface area contributed by atoms with Gasteiger partial charge in [-0.05, 0) is 25.6 Å². The van der Waals surface area contributed by atoms with E-state index in [-0.39, 0.29) is 24.8 Å². The second kappa shape index (κ2) is 9.12. The molecule has 0 bridgehead atoms. The predicted molar refractivity (Wildman–Crippen MR) is 88.2 cm³/mol. The lowest BCUT2D eigenvalue weighted by Gasteiger charge is -2.32. The van der Waals surface area contributed by atoms with Gasteiger partial charge in [0.15, 0.2) is 5.16 Å². The lowest BCUT2D eigenvalue weighted by Crippen LogP contribution is -2.51. The molecule has 5 nitrogen and oxygen atoms in total. The molecular weight excluding hydrogens is 319 g/mol. The molecule has 1 atom stereocenters. The highest BCUT2D eigenvalue weighted by Crippen LogP contribution is 2.16. The van der Waals surface area contributed by atoms with Gasteiger partial charge in [0, 0.05) is 26.7 Å². The fourth-order valence-electron chi connectivity index (χ4n) is 2.31. The Labute approximate surface area is 137 Å². The van der Waals surface area contributed by atoms with Crippen molar-refractivity contribution in [2.75, 3.05) is 25.9 Å². The number of hydrogen-bond donors (Lipinski definition) is 3. The fraction of sp³-hybridized carbons (Fsp3) is 0.750. The summed E-state index contributed by atoms with van der Waals surface area (Å²) in [7, 11) is 2.02. The molecule has 1 saturated heterocycles. The van der Waals surface area contributed by atoms with Crippen LogP contribution in [0.25, 0.3) is 0 Å². The maximum absolute atomic E-state index is 10.3. The van der Waals surface area contributed by atoms with Crippen LogP contribution in [0, 0.1) is 0 Å². The van der Waals surface area contributed by atoms with Gasteiger partial charge in [-0.15, -0.1) is 24.8 Å². The Bertz CT molecular complexity index is 397. The van der Waals surface area contributed by atoms with E-state index in [0.717, 1.165) is 36.8 Å². The fourth-order valence-corrected chi connectivity index (χ4v) is 2.85. The van der Waals surface area contributed by atoms with Gasteiger partial charge in [0.05, 0.1) is 17.5 Å². The summed E-state index contributed by atoms with van der Waals surface area (Å²) < 4.78 is 2.08. The van der Waals surface area contributed by atoms with Crippen LogP contribution in [-0.2, 0) is 13.6 Å². The van der Waals surface area contributed by atoms with E-state index < -0.39 is 5.60 Å². The molecule has 0 aliphatic carbocycles. The van der Waals surface area contributed by atoms with Crippen LogP contribution in [0.1, 0.15) is 18.5 Å². The van der Waals surface area contributed by atoms with Crippen LogP contribution in [0.3, 0.4) is 0 Å². The highest BCUT2D eigenvalue weighted by Gasteiger charge is 2.28. The quantitative estimate of drug-likeness (QED) is 0.701. The summed E-state index contributed by atoms with van der Waals surface area (Å²) in [6.07, 6.45) is 5.83. The molecule has 20 heavy (non-hydrogen) atoms. The molecule has 0 spiro atoms. The van der Waals surface area contributed by atoms with Crippen molar-refractivity contribution in [3.8, 4) is 0 Å². The first-order valence-corrected chi connectivity index (χ1v) is 7.55. The van der Waals surface area contributed by atoms with Gasteiger partial charge >= 0.3 is 0 Å². The van der Waals surface area contributed by atoms with Crippen molar-refractivity contribution in [3.63, 3.8) is 0 Å². The maximum Gasteiger partial charge on any atom is 0.167 e. The molecular formula is C12H24Cl2N4OS. The standard InChI is InChI=1S/C12H22N4OS.2ClH/c1-16-10(7-15-11(16)18-2)6-14-9-12(17)4-3-5-13-8-12;;/h7,13-14,17H,3-6,8-9H2,1-2H3;2*1H. The lowest BCUT2D eigenvalue weighted by molar-refractivity contribution is 0.0168. The summed E-state index contributed by atoms with van der Waals surface area (Å²) in [6, 6.07) is 0. The van der Waals surface area contributed by atoms with Gasteiger partial charge in [0.25, 0.3) is 0 Å². The second-order valence-corrected chi connectivity index (χ2v) is 5.68. The number of rotatable bonds is 5. The van der Waals surface area contributed by atoms with Crippen molar-refractivity contribution in [2.45, 2.75) is 30.1 Å². The van der Waals surface area contributed by atoms with Crippen LogP contribution < -0.4 is 10.6 Å². The van der Waals surface area contributed by atoms with Crippen molar-refractivity contribution in [3.05, 3.63) is 11.9 Å². The van der Waals surface area contributed by atoms with E-state index in [1.165, 1.54) is 0 Å². The number of β-amino-alcohol motifs (C(OH)–C–C–N with tert-alkyl or cyclic N) is 1. The normalized spacial score (nSPS) is 21.9. The highest BCUT2D eigenvalue weighted by molar-refractivity contribution is 7.98. The monoisotopic (exact) mass is 342 g/mol. The van der Waals surface area contributed by atoms with Crippen molar-refractivity contribution < 1.29 is 5.11 Å². The van der Waals surface area contributed by atoms with Gasteiger partial charge in [-0.3, -0.25) is 0 Å². The molecule has 118 valence electrons. The lowest BCUT2D eigenvalue weighted by atomic mass is 9.94. The molecule has 1 unspecified atom stereocenters. The van der Waals surface area contributed by atoms with Crippen molar-refractivity contribution >= 4 is 36.6 Å². The van der Waals surface area contributed by atoms with Crippen LogP contribution in [0.15, 0.2) is 11.4 Å². The minimum atomic E-state index is -0.598. The highest BCUT2D eigenvalue weighted by atomic mass is 35.5. The number of nitrogens with one attached hydrogen (secondary N) is 2. The molecule has 0 aromatic carbocycles. The molecule has 1 aliphatic rings. The van der Waals surface area contributed by atoms with E-state index in [2.05, 4.69) is 20.2 Å². The van der Waals surface area contributed by atoms with E-state index in [4.69, 9.17) is 0 Å². The summed E-state index contributed by atoms with van der Waals surface area (Å²) >= 11 is 1.64. The number of hydrogen-bond acceptors (Lipinski definition) is 5. The predicted octanol–water partition coefficient (Wildman–Crippen LogP) is 1.19. The van der Waals surface area contributed by atoms with Crippen LogP contribution >= 0.6 is 36.6 Å². The van der Waals surface area contributed by atoms with Crippen LogP contribution in [0.4, 0.5) is 0 Å². The van der Waals surface area contributed by atoms with E-state index >= 15 is 0 Å². The van der Waals surface area contributed by atoms with Gasteiger partial charge in [-0.25, -0.2) is 4.98 Å². The van der Waals surface area contributed by atoms with Gasteiger partial charge in [-0.1, -0.05) is 11.8 Å². The average Bonchev–Trinajstić information content (AvgIpc) is 2.71. The number of halogens is 2. The zero-order valence-electron chi connectivity index (χ0n) is 11.9. The molecule has 8 heteroatoms. The molecule has 0 radical (unpaired) electrons. The topological polar surface area (TPSA) is 62.1 Å². The third-order valence-electron chi connectivity index (χ3n) is 3.43. The minimum Gasteiger partial charge on any atom is -0.387 e. The average molecular weight is 343 g/mol. The molecule has 1 fully saturated rings. The number of nitrogens with zero attached hydrogens (tertiary/aromatic N) is 2. The smallest absolute Gasteiger partial charge is 0.167 e. The van der Waals surface area contributed by atoms with Crippen LogP contribution in [-0.4, -0.2) is 46.1 Å². The molecule has 3 N–H and O–H groups in total. The zero-order valence-corrected chi connectivity index (χ0v) is 14.3. The first-order valence-electron chi connectivity index (χ1n) is 6.33. The Hall–Kier alpha value is 0.0200. The molecule has 1 aromatic heterocycles. The zero-order chi connectivity index (χ0) is 13.0. The van der Waals surface area contributed by atoms with Crippen LogP contribution in [0.2, 0.25) is 0 Å². The molecule has 2 rings (SSSR count). The molecule has 1 aliphatic heterocycles. The Morgan fingerprint density at radius 2 is 2.30 bits per heavy atom. The molecule has 0 saturated carbocycles. The number of thioether (sulfide) groups is 1. The summed E-state index contributed by atoms with van der Waals surface area (Å²) in [6.45, 7) is 3.06. The first kappa shape index (κ1) is 20.0. The van der Waals surface area contributed by atoms with Crippen molar-refractivity contribution in [1.29, 1.82) is 0 Å². The largest absolute Gasteiger partial charge is 0.387 e. The van der Waals surface area contributed by atoms with Crippen LogP contribution in [0.5, 0.6) is 0 Å². The second-order valence-electron chi connectivity index (χ2n) is 4.90. The number of imidazole rings is 1. The number of aliphatic hydroxyl groups is 1. The Morgan fingerprint density at radius 3 is 2.85 bits per heavy atom. The SMILES string of the molecule is CSc1ncc(CNCC2(O)CCCNC2)n1C.Cl.Cl. The van der Waals surface area contributed by atoms with E-state index in [9.17, 15) is 5.11 Å². The van der Waals surface area contributed by atoms with Gasteiger partial charge in [0.1, 0.15) is 0 Å². The molecule has 2 heterocycles. The van der Waals surface area contributed by atoms with Gasteiger partial charge in [0.2, 0.25) is 0 Å². The first-order chi connectivity index (χ1) is 8.64. The maximum atomic E-state index is 10.3. The van der Waals surface area contributed by atoms with E-state index in [0.29, 0.717) is 13.1 Å². The Kier molecular flexibility index (Phi) is 9.13. The Balaban J connectivity index is 0.00000180. The van der Waals surface area contributed by atoms with Crippen molar-refractivity contribution in [2.24, 2.45) is 7.05 Å². The Morgan fingerprint density at radius 1 is 1.55 bits per heavy atom. The van der Waals surface area contributed by atoms with Gasteiger partial charge < -0.3 is 20.3 Å². The van der Waals surface area contributed by atoms with Gasteiger partial charge in [-0.2, -0.15) is 0 Å².